The van der Waals surface area contributed by atoms with Gasteiger partial charge in [0, 0.05) is 19.3 Å². The van der Waals surface area contributed by atoms with Gasteiger partial charge in [-0.2, -0.15) is 0 Å². The van der Waals surface area contributed by atoms with Crippen LogP contribution in [0, 0.1) is 0 Å². The standard InChI is InChI=1S/C77H140O6/c1-4-7-10-13-16-19-21-23-25-27-29-31-33-35-37-38-40-41-43-45-47-49-51-53-55-58-61-64-67-70-76(79)82-73-74(72-81-75(78)69-66-63-60-57-18-15-12-9-6-3)83-77(80)71-68-65-62-59-56-54-52-50-48-46-44-42-39-36-34-32-30-28-26-24-22-20-17-14-11-8-5-2/h7,10,16,19,23,25,29,31,35,37,74H,4-6,8-9,11-15,17-18,20-22,24,26-28,30,32-34,36,38-73H2,1-3H3/b10-7-,19-16-,25-23-,31-29-,37-35-. The first-order valence-electron chi connectivity index (χ1n) is 36.8. The fraction of sp³-hybridized carbons (Fsp3) is 0.831. The summed E-state index contributed by atoms with van der Waals surface area (Å²) < 4.78 is 17.0. The van der Waals surface area contributed by atoms with Gasteiger partial charge in [0.05, 0.1) is 0 Å². The first-order valence-corrected chi connectivity index (χ1v) is 36.8. The summed E-state index contributed by atoms with van der Waals surface area (Å²) in [7, 11) is 0. The van der Waals surface area contributed by atoms with E-state index >= 15 is 0 Å². The predicted octanol–water partition coefficient (Wildman–Crippen LogP) is 25.5. The van der Waals surface area contributed by atoms with Gasteiger partial charge in [0.15, 0.2) is 6.10 Å². The second kappa shape index (κ2) is 71.6. The number of esters is 3. The normalized spacial score (nSPS) is 12.4. The van der Waals surface area contributed by atoms with Crippen LogP contribution in [0.5, 0.6) is 0 Å². The number of ether oxygens (including phenoxy) is 3. The van der Waals surface area contributed by atoms with Gasteiger partial charge in [-0.3, -0.25) is 14.4 Å². The summed E-state index contributed by atoms with van der Waals surface area (Å²) in [5.41, 5.74) is 0. The maximum atomic E-state index is 12.9. The van der Waals surface area contributed by atoms with Gasteiger partial charge < -0.3 is 14.2 Å². The molecule has 1 unspecified atom stereocenters. The van der Waals surface area contributed by atoms with Gasteiger partial charge in [0.25, 0.3) is 0 Å². The molecule has 0 aliphatic rings. The molecule has 0 saturated heterocycles. The highest BCUT2D eigenvalue weighted by Gasteiger charge is 2.19. The summed E-state index contributed by atoms with van der Waals surface area (Å²) >= 11 is 0. The van der Waals surface area contributed by atoms with Crippen molar-refractivity contribution >= 4 is 17.9 Å². The largest absolute Gasteiger partial charge is 0.462 e. The Morgan fingerprint density at radius 1 is 0.253 bits per heavy atom. The van der Waals surface area contributed by atoms with Crippen molar-refractivity contribution in [1.29, 1.82) is 0 Å². The molecule has 0 fully saturated rings. The maximum Gasteiger partial charge on any atom is 0.306 e. The molecular formula is C77H140O6. The molecule has 0 N–H and O–H groups in total. The van der Waals surface area contributed by atoms with Crippen LogP contribution in [0.2, 0.25) is 0 Å². The van der Waals surface area contributed by atoms with Crippen LogP contribution in [-0.4, -0.2) is 37.2 Å². The van der Waals surface area contributed by atoms with Crippen LogP contribution >= 0.6 is 0 Å². The average molecular weight is 1160 g/mol. The van der Waals surface area contributed by atoms with E-state index < -0.39 is 6.10 Å². The van der Waals surface area contributed by atoms with E-state index in [-0.39, 0.29) is 31.1 Å². The second-order valence-electron chi connectivity index (χ2n) is 24.8. The van der Waals surface area contributed by atoms with Crippen LogP contribution in [-0.2, 0) is 28.6 Å². The van der Waals surface area contributed by atoms with E-state index in [9.17, 15) is 14.4 Å². The van der Waals surface area contributed by atoms with Gasteiger partial charge >= 0.3 is 17.9 Å². The minimum atomic E-state index is -0.771. The summed E-state index contributed by atoms with van der Waals surface area (Å²) in [6.07, 6.45) is 92.8. The van der Waals surface area contributed by atoms with Crippen molar-refractivity contribution in [2.24, 2.45) is 0 Å². The van der Waals surface area contributed by atoms with Crippen molar-refractivity contribution < 1.29 is 28.6 Å². The summed E-state index contributed by atoms with van der Waals surface area (Å²) in [6.45, 7) is 6.57. The number of unbranched alkanes of at least 4 members (excludes halogenated alkanes) is 47. The summed E-state index contributed by atoms with van der Waals surface area (Å²) in [4.78, 5) is 38.3. The van der Waals surface area contributed by atoms with E-state index in [1.165, 1.54) is 263 Å². The van der Waals surface area contributed by atoms with Crippen LogP contribution < -0.4 is 0 Å². The van der Waals surface area contributed by atoms with Gasteiger partial charge in [-0.1, -0.05) is 370 Å². The minimum absolute atomic E-state index is 0.0682. The Balaban J connectivity index is 4.09. The molecule has 0 aliphatic heterocycles. The van der Waals surface area contributed by atoms with E-state index in [4.69, 9.17) is 14.2 Å². The van der Waals surface area contributed by atoms with Gasteiger partial charge in [-0.15, -0.1) is 0 Å². The zero-order valence-electron chi connectivity index (χ0n) is 55.7. The lowest BCUT2D eigenvalue weighted by Gasteiger charge is -2.18. The lowest BCUT2D eigenvalue weighted by Crippen LogP contribution is -2.30. The van der Waals surface area contributed by atoms with Crippen molar-refractivity contribution in [3.8, 4) is 0 Å². The summed E-state index contributed by atoms with van der Waals surface area (Å²) in [5, 5.41) is 0. The zero-order valence-corrected chi connectivity index (χ0v) is 55.7. The van der Waals surface area contributed by atoms with Gasteiger partial charge in [-0.25, -0.2) is 0 Å². The molecule has 6 nitrogen and oxygen atoms in total. The predicted molar refractivity (Wildman–Crippen MR) is 362 cm³/mol. The molecule has 0 aromatic rings. The number of allylic oxidation sites excluding steroid dienone is 10. The molecule has 83 heavy (non-hydrogen) atoms. The molecule has 0 heterocycles. The molecule has 484 valence electrons. The van der Waals surface area contributed by atoms with E-state index in [1.807, 2.05) is 0 Å². The number of carbonyl (C=O) groups is 3. The molecular weight excluding hydrogens is 1020 g/mol. The lowest BCUT2D eigenvalue weighted by molar-refractivity contribution is -0.167. The first kappa shape index (κ1) is 80.1. The molecule has 6 heteroatoms. The highest BCUT2D eigenvalue weighted by atomic mass is 16.6. The van der Waals surface area contributed by atoms with Crippen LogP contribution in [0.25, 0.3) is 0 Å². The third-order valence-electron chi connectivity index (χ3n) is 16.5. The topological polar surface area (TPSA) is 78.9 Å². The Bertz CT molecular complexity index is 1470. The molecule has 0 amide bonds. The van der Waals surface area contributed by atoms with Crippen molar-refractivity contribution in [1.82, 2.24) is 0 Å². The zero-order chi connectivity index (χ0) is 59.9. The third kappa shape index (κ3) is 69.8. The lowest BCUT2D eigenvalue weighted by atomic mass is 10.0. The Morgan fingerprint density at radius 3 is 0.735 bits per heavy atom. The summed E-state index contributed by atoms with van der Waals surface area (Å²) in [5.74, 6) is -0.846. The highest BCUT2D eigenvalue weighted by Crippen LogP contribution is 2.19. The van der Waals surface area contributed by atoms with Gasteiger partial charge in [-0.05, 0) is 64.2 Å². The van der Waals surface area contributed by atoms with Crippen LogP contribution in [0.3, 0.4) is 0 Å². The van der Waals surface area contributed by atoms with Gasteiger partial charge in [0.1, 0.15) is 13.2 Å². The molecule has 0 radical (unpaired) electrons. The van der Waals surface area contributed by atoms with E-state index in [0.29, 0.717) is 19.3 Å². The van der Waals surface area contributed by atoms with E-state index in [0.717, 1.165) is 89.9 Å². The Labute approximate surface area is 517 Å². The number of rotatable bonds is 68. The Kier molecular flexibility index (Phi) is 69.1. The smallest absolute Gasteiger partial charge is 0.306 e. The molecule has 0 bridgehead atoms. The van der Waals surface area contributed by atoms with Crippen molar-refractivity contribution in [2.75, 3.05) is 13.2 Å². The van der Waals surface area contributed by atoms with Crippen molar-refractivity contribution in [2.45, 2.75) is 399 Å². The Morgan fingerprint density at radius 2 is 0.470 bits per heavy atom. The molecule has 0 spiro atoms. The minimum Gasteiger partial charge on any atom is -0.462 e. The fourth-order valence-electron chi connectivity index (χ4n) is 11.1. The quantitative estimate of drug-likeness (QED) is 0.0261. The van der Waals surface area contributed by atoms with Crippen molar-refractivity contribution in [3.05, 3.63) is 60.8 Å². The molecule has 0 rings (SSSR count). The molecule has 0 aliphatic carbocycles. The van der Waals surface area contributed by atoms with Crippen LogP contribution in [0.1, 0.15) is 393 Å². The monoisotopic (exact) mass is 1160 g/mol. The van der Waals surface area contributed by atoms with E-state index in [2.05, 4.69) is 81.5 Å². The SMILES string of the molecule is CC/C=C\C/C=C\C/C=C\C/C=C\C/C=C\CCCCCCCCCCCCCCCC(=O)OCC(COC(=O)CCCCCCCCCCC)OC(=O)CCCCCCCCCCCCCCCCCCCCCCCCCCCCC. The van der Waals surface area contributed by atoms with Crippen LogP contribution in [0.4, 0.5) is 0 Å². The number of carbonyl (C=O) groups excluding carboxylic acids is 3. The van der Waals surface area contributed by atoms with Crippen LogP contribution in [0.15, 0.2) is 60.8 Å². The molecule has 0 saturated carbocycles. The molecule has 0 aromatic heterocycles. The third-order valence-corrected chi connectivity index (χ3v) is 16.5. The highest BCUT2D eigenvalue weighted by molar-refractivity contribution is 5.71. The summed E-state index contributed by atoms with van der Waals surface area (Å²) in [6, 6.07) is 0. The van der Waals surface area contributed by atoms with E-state index in [1.54, 1.807) is 0 Å². The Hall–Kier alpha value is -2.89. The fourth-order valence-corrected chi connectivity index (χ4v) is 11.1. The average Bonchev–Trinajstić information content (AvgIpc) is 3.49. The number of hydrogen-bond acceptors (Lipinski definition) is 6. The second-order valence-corrected chi connectivity index (χ2v) is 24.8. The maximum absolute atomic E-state index is 12.9. The molecule has 0 aromatic carbocycles. The van der Waals surface area contributed by atoms with Gasteiger partial charge in [0.2, 0.25) is 0 Å². The number of hydrogen-bond donors (Lipinski definition) is 0. The van der Waals surface area contributed by atoms with Crippen molar-refractivity contribution in [3.63, 3.8) is 0 Å². The first-order chi connectivity index (χ1) is 41.0. The molecule has 1 atom stereocenters.